The molecule has 3 heteroatoms. The van der Waals surface area contributed by atoms with E-state index in [2.05, 4.69) is 39.0 Å². The maximum absolute atomic E-state index is 11.9. The molecule has 0 spiro atoms. The largest absolute Gasteiger partial charge is 0.393 e. The van der Waals surface area contributed by atoms with Gasteiger partial charge in [0.2, 0.25) is 5.91 Å². The average molecular weight is 332 g/mol. The van der Waals surface area contributed by atoms with Crippen LogP contribution >= 0.6 is 0 Å². The first-order valence-electron chi connectivity index (χ1n) is 9.17. The van der Waals surface area contributed by atoms with Gasteiger partial charge >= 0.3 is 0 Å². The number of carbonyl (C=O) groups excluding carboxylic acids is 1. The summed E-state index contributed by atoms with van der Waals surface area (Å²) in [4.78, 5) is 13.5. The number of aliphatic hydroxyl groups is 1. The molecule has 7 atom stereocenters. The van der Waals surface area contributed by atoms with E-state index in [0.717, 1.165) is 12.0 Å². The molecule has 0 bridgehead atoms. The smallest absolute Gasteiger partial charge is 0.248 e. The van der Waals surface area contributed by atoms with Crippen LogP contribution in [0.15, 0.2) is 36.0 Å². The lowest BCUT2D eigenvalue weighted by molar-refractivity contribution is -0.124. The molecule has 0 radical (unpaired) electrons. The SMILES string of the molecule is C/C(=C\C=C\[C@@H]1C2C(C=C[C@@H]1C)C[C@@H](C)[C@H](O)[C@H]2C)C(=O)N(C)C. The number of nitrogens with zero attached hydrogens (tertiary/aromatic N) is 1. The number of fused-ring (bicyclic) bond motifs is 1. The molecular weight excluding hydrogens is 298 g/mol. The minimum Gasteiger partial charge on any atom is -0.393 e. The predicted molar refractivity (Wildman–Crippen MR) is 99.3 cm³/mol. The van der Waals surface area contributed by atoms with Crippen molar-refractivity contribution < 1.29 is 9.90 Å². The second-order valence-corrected chi connectivity index (χ2v) is 8.06. The minimum atomic E-state index is -0.214. The van der Waals surface area contributed by atoms with Crippen molar-refractivity contribution in [2.24, 2.45) is 35.5 Å². The fraction of sp³-hybridized carbons (Fsp3) is 0.667. The Balaban J connectivity index is 2.19. The maximum Gasteiger partial charge on any atom is 0.248 e. The van der Waals surface area contributed by atoms with Gasteiger partial charge in [0.15, 0.2) is 0 Å². The van der Waals surface area contributed by atoms with Crippen molar-refractivity contribution in [3.63, 3.8) is 0 Å². The highest BCUT2D eigenvalue weighted by Gasteiger charge is 2.44. The number of likely N-dealkylation sites (N-methyl/N-ethyl adjacent to an activating group) is 1. The topological polar surface area (TPSA) is 40.5 Å². The van der Waals surface area contributed by atoms with Crippen LogP contribution in [0.4, 0.5) is 0 Å². The Morgan fingerprint density at radius 2 is 1.88 bits per heavy atom. The summed E-state index contributed by atoms with van der Waals surface area (Å²) in [6.45, 7) is 8.46. The van der Waals surface area contributed by atoms with E-state index in [1.807, 2.05) is 19.1 Å². The minimum absolute atomic E-state index is 0.0457. The molecule has 0 aromatic heterocycles. The highest BCUT2D eigenvalue weighted by molar-refractivity contribution is 5.92. The standard InChI is InChI=1S/C21H33NO2/c1-13-10-11-17-12-15(3)20(23)16(4)19(17)18(13)9-7-8-14(2)21(24)22(5)6/h7-11,13,15-20,23H,12H2,1-6H3/b9-7+,14-8+/t13-,15+,16-,17?,18-,19?,20-/m0/s1. The van der Waals surface area contributed by atoms with Gasteiger partial charge in [0.25, 0.3) is 0 Å². The van der Waals surface area contributed by atoms with Gasteiger partial charge in [-0.3, -0.25) is 4.79 Å². The number of aliphatic hydroxyl groups excluding tert-OH is 1. The second kappa shape index (κ2) is 7.69. The molecule has 0 saturated heterocycles. The molecule has 2 unspecified atom stereocenters. The molecule has 1 N–H and O–H groups in total. The van der Waals surface area contributed by atoms with Gasteiger partial charge in [0.05, 0.1) is 6.10 Å². The number of allylic oxidation sites excluding steroid dienone is 5. The fourth-order valence-corrected chi connectivity index (χ4v) is 4.56. The molecule has 2 rings (SSSR count). The monoisotopic (exact) mass is 331 g/mol. The van der Waals surface area contributed by atoms with Crippen molar-refractivity contribution in [3.8, 4) is 0 Å². The molecule has 1 amide bonds. The zero-order chi connectivity index (χ0) is 18.0. The van der Waals surface area contributed by atoms with Crippen molar-refractivity contribution in [1.82, 2.24) is 4.90 Å². The third-order valence-electron chi connectivity index (χ3n) is 6.00. The van der Waals surface area contributed by atoms with Gasteiger partial charge in [0, 0.05) is 19.7 Å². The molecule has 0 aliphatic heterocycles. The summed E-state index contributed by atoms with van der Waals surface area (Å²) < 4.78 is 0. The third kappa shape index (κ3) is 3.83. The lowest BCUT2D eigenvalue weighted by atomic mass is 9.58. The highest BCUT2D eigenvalue weighted by atomic mass is 16.3. The second-order valence-electron chi connectivity index (χ2n) is 8.06. The summed E-state index contributed by atoms with van der Waals surface area (Å²) >= 11 is 0. The van der Waals surface area contributed by atoms with Crippen LogP contribution in [0.1, 0.15) is 34.1 Å². The molecule has 24 heavy (non-hydrogen) atoms. The van der Waals surface area contributed by atoms with E-state index in [4.69, 9.17) is 0 Å². The van der Waals surface area contributed by atoms with Crippen LogP contribution in [0.25, 0.3) is 0 Å². The summed E-state index contributed by atoms with van der Waals surface area (Å²) in [5, 5.41) is 10.5. The van der Waals surface area contributed by atoms with Crippen molar-refractivity contribution in [2.75, 3.05) is 14.1 Å². The van der Waals surface area contributed by atoms with Crippen molar-refractivity contribution in [1.29, 1.82) is 0 Å². The van der Waals surface area contributed by atoms with Gasteiger partial charge in [-0.15, -0.1) is 0 Å². The van der Waals surface area contributed by atoms with Crippen LogP contribution in [-0.2, 0) is 4.79 Å². The van der Waals surface area contributed by atoms with E-state index in [-0.39, 0.29) is 12.0 Å². The average Bonchev–Trinajstić information content (AvgIpc) is 2.53. The number of amides is 1. The van der Waals surface area contributed by atoms with Crippen LogP contribution in [0.3, 0.4) is 0 Å². The first-order chi connectivity index (χ1) is 11.2. The van der Waals surface area contributed by atoms with E-state index in [1.54, 1.807) is 19.0 Å². The van der Waals surface area contributed by atoms with Gasteiger partial charge in [-0.05, 0) is 48.9 Å². The maximum atomic E-state index is 11.9. The predicted octanol–water partition coefficient (Wildman–Crippen LogP) is 3.67. The quantitative estimate of drug-likeness (QED) is 0.487. The van der Waals surface area contributed by atoms with Crippen LogP contribution in [-0.4, -0.2) is 36.1 Å². The van der Waals surface area contributed by atoms with E-state index in [9.17, 15) is 9.90 Å². The van der Waals surface area contributed by atoms with Gasteiger partial charge < -0.3 is 10.0 Å². The van der Waals surface area contributed by atoms with E-state index >= 15 is 0 Å². The van der Waals surface area contributed by atoms with Gasteiger partial charge in [-0.1, -0.05) is 51.2 Å². The first kappa shape index (κ1) is 19.0. The molecule has 1 saturated carbocycles. The Labute approximate surface area is 147 Å². The highest BCUT2D eigenvalue weighted by Crippen LogP contribution is 2.48. The fourth-order valence-electron chi connectivity index (χ4n) is 4.56. The zero-order valence-electron chi connectivity index (χ0n) is 15.9. The Kier molecular flexibility index (Phi) is 6.08. The third-order valence-corrected chi connectivity index (χ3v) is 6.00. The first-order valence-corrected chi connectivity index (χ1v) is 9.17. The lowest BCUT2D eigenvalue weighted by Gasteiger charge is -2.48. The van der Waals surface area contributed by atoms with Crippen molar-refractivity contribution in [3.05, 3.63) is 36.0 Å². The zero-order valence-corrected chi connectivity index (χ0v) is 15.9. The van der Waals surface area contributed by atoms with Gasteiger partial charge in [-0.2, -0.15) is 0 Å². The summed E-state index contributed by atoms with van der Waals surface area (Å²) in [6.07, 6.45) is 11.7. The summed E-state index contributed by atoms with van der Waals surface area (Å²) in [5.74, 6) is 2.62. The molecule has 1 fully saturated rings. The number of rotatable bonds is 3. The van der Waals surface area contributed by atoms with Crippen LogP contribution < -0.4 is 0 Å². The van der Waals surface area contributed by atoms with Gasteiger partial charge in [0.1, 0.15) is 0 Å². The number of hydrogen-bond donors (Lipinski definition) is 1. The molecule has 134 valence electrons. The van der Waals surface area contributed by atoms with Crippen LogP contribution in [0, 0.1) is 35.5 Å². The molecule has 0 aromatic rings. The molecule has 3 nitrogen and oxygen atoms in total. The van der Waals surface area contributed by atoms with Crippen molar-refractivity contribution >= 4 is 5.91 Å². The Morgan fingerprint density at radius 3 is 2.50 bits per heavy atom. The molecule has 0 aromatic carbocycles. The Hall–Kier alpha value is -1.35. The van der Waals surface area contributed by atoms with Gasteiger partial charge in [-0.25, -0.2) is 0 Å². The number of hydrogen-bond acceptors (Lipinski definition) is 2. The van der Waals surface area contributed by atoms with E-state index in [0.29, 0.717) is 35.5 Å². The lowest BCUT2D eigenvalue weighted by Crippen LogP contribution is -2.46. The summed E-state index contributed by atoms with van der Waals surface area (Å²) in [7, 11) is 3.54. The van der Waals surface area contributed by atoms with E-state index < -0.39 is 0 Å². The molecule has 0 heterocycles. The van der Waals surface area contributed by atoms with Crippen LogP contribution in [0.5, 0.6) is 0 Å². The number of carbonyl (C=O) groups is 1. The van der Waals surface area contributed by atoms with Crippen molar-refractivity contribution in [2.45, 2.75) is 40.2 Å². The molecular formula is C21H33NO2. The molecule has 2 aliphatic carbocycles. The van der Waals surface area contributed by atoms with E-state index in [1.165, 1.54) is 0 Å². The summed E-state index contributed by atoms with van der Waals surface area (Å²) in [6, 6.07) is 0. The normalized spacial score (nSPS) is 39.8. The Morgan fingerprint density at radius 1 is 1.21 bits per heavy atom. The Bertz CT molecular complexity index is 546. The summed E-state index contributed by atoms with van der Waals surface area (Å²) in [5.41, 5.74) is 0.747. The van der Waals surface area contributed by atoms with Crippen LogP contribution in [0.2, 0.25) is 0 Å². The molecule has 2 aliphatic rings.